The molecule has 0 spiro atoms. The lowest BCUT2D eigenvalue weighted by Gasteiger charge is -2.40. The molecule has 0 aromatic heterocycles. The molecular weight excluding hydrogens is 1980 g/mol. The lowest BCUT2D eigenvalue weighted by molar-refractivity contribution is -0.138. The lowest BCUT2D eigenvalue weighted by Crippen LogP contribution is -2.58. The van der Waals surface area contributed by atoms with Gasteiger partial charge in [-0.2, -0.15) is 0 Å². The molecule has 1 N–H and O–H groups in total. The fourth-order valence-corrected chi connectivity index (χ4v) is 46.2. The van der Waals surface area contributed by atoms with E-state index in [0.717, 1.165) is 18.9 Å². The maximum absolute atomic E-state index is 11.7. The van der Waals surface area contributed by atoms with Gasteiger partial charge in [0.05, 0.1) is 396 Å². The third-order valence-electron chi connectivity index (χ3n) is 17.5. The van der Waals surface area contributed by atoms with E-state index in [1.807, 2.05) is 32.7 Å². The van der Waals surface area contributed by atoms with Gasteiger partial charge in [-0.25, -0.2) is 0 Å². The molecule has 0 aliphatic rings. The summed E-state index contributed by atoms with van der Waals surface area (Å²) in [5, 5.41) is 0. The minimum absolute atomic E-state index is 0.433. The Morgan fingerprint density at radius 3 is 0.547 bits per heavy atom. The molecule has 51 heteroatoms. The molecule has 0 aromatic carbocycles. The van der Waals surface area contributed by atoms with Gasteiger partial charge in [0.2, 0.25) is 8.32 Å². The van der Waals surface area contributed by atoms with E-state index in [-0.39, 0.29) is 0 Å². The van der Waals surface area contributed by atoms with E-state index < -0.39 is 77.8 Å². The normalized spacial score (nSPS) is 13.6. The molecule has 0 bridgehead atoms. The van der Waals surface area contributed by atoms with Crippen molar-refractivity contribution in [1.29, 1.82) is 0 Å². The molecule has 0 aliphatic carbocycles. The van der Waals surface area contributed by atoms with Crippen molar-refractivity contribution in [3.8, 4) is 0 Å². The molecule has 139 heavy (non-hydrogen) atoms. The number of hydrogen-bond acceptors (Lipinski definition) is 42. The number of rotatable bonds is 117. The van der Waals surface area contributed by atoms with E-state index >= 15 is 0 Å². The Bertz CT molecular complexity index is 2440. The molecule has 3 atom stereocenters. The van der Waals surface area contributed by atoms with Crippen LogP contribution in [0.4, 0.5) is 0 Å². The van der Waals surface area contributed by atoms with Crippen molar-refractivity contribution in [3.63, 3.8) is 0 Å². The van der Waals surface area contributed by atoms with E-state index in [4.69, 9.17) is 190 Å². The predicted octanol–water partition coefficient (Wildman–Crippen LogP) is 7.74. The van der Waals surface area contributed by atoms with Crippen LogP contribution < -0.4 is 0 Å². The summed E-state index contributed by atoms with van der Waals surface area (Å²) in [6.45, 7) is 64.2. The highest BCUT2D eigenvalue weighted by molar-refractivity contribution is 6.88. The quantitative estimate of drug-likeness (QED) is 0.0263. The van der Waals surface area contributed by atoms with Crippen LogP contribution in [-0.2, 0) is 190 Å². The van der Waals surface area contributed by atoms with Gasteiger partial charge in [0.25, 0.3) is 0 Å². The van der Waals surface area contributed by atoms with E-state index in [1.165, 1.54) is 0 Å². The van der Waals surface area contributed by atoms with E-state index in [9.17, 15) is 4.80 Å². The van der Waals surface area contributed by atoms with Crippen molar-refractivity contribution < 1.29 is 195 Å². The van der Waals surface area contributed by atoms with Crippen LogP contribution in [0.15, 0.2) is 0 Å². The van der Waals surface area contributed by atoms with E-state index in [0.29, 0.717) is 435 Å². The smallest absolute Gasteiger partial charge is 0.358 e. The summed E-state index contributed by atoms with van der Waals surface area (Å²) in [7, 11) is -15.0. The van der Waals surface area contributed by atoms with Gasteiger partial charge in [0, 0.05) is 41.2 Å². The van der Waals surface area contributed by atoms with Gasteiger partial charge in [0.1, 0.15) is 0 Å². The first-order valence-electron chi connectivity index (χ1n) is 50.1. The van der Waals surface area contributed by atoms with Crippen LogP contribution in [0.1, 0.15) is 19.3 Å². The first-order chi connectivity index (χ1) is 67.0. The van der Waals surface area contributed by atoms with Gasteiger partial charge in [-0.05, 0) is 142 Å². The zero-order chi connectivity index (χ0) is 102. The zero-order valence-corrected chi connectivity index (χ0v) is 98.9. The number of methoxy groups -OCH3 is 3. The van der Waals surface area contributed by atoms with Crippen LogP contribution in [0, 0.1) is 0 Å². The summed E-state index contributed by atoms with van der Waals surface area (Å²) >= 11 is 0. The third-order valence-corrected chi connectivity index (χ3v) is 45.5. The third kappa shape index (κ3) is 117. The highest BCUT2D eigenvalue weighted by Gasteiger charge is 2.46. The van der Waals surface area contributed by atoms with Crippen molar-refractivity contribution in [1.82, 2.24) is 0 Å². The summed E-state index contributed by atoms with van der Waals surface area (Å²) < 4.78 is 232. The minimum atomic E-state index is -3.12. The zero-order valence-electron chi connectivity index (χ0n) is 89.6. The van der Waals surface area contributed by atoms with Gasteiger partial charge in [-0.1, -0.05) is 0 Å². The standard InChI is InChI=1S/C75H158O36Si3.C13H40O6Si6/c1-77-13-16-83-25-28-89-37-40-95-49-52-101-61-64-107-70-67-104-58-55-98-46-43-92-34-31-86-22-19-80-10-7-73-112(4)110-114(6,75-9-12-82-21-24-88-33-36-94-45-48-100-57-60-106-69-72-109-66-63-103-54-51-97-42-39-91-30-27-85-18-15-79-3)111-113(5,76)74-8-11-81-20-23-87-32-35-93-44-47-99-56-59-105-68-71-108-65-62-102-53-50-96-41-38-90-29-26-84-17-14-78-2;1-20(2)16-23(8,9)18-25(12,13)19-24(10,11)17-22(6,7)15-14-21(3,4)5/h76,112H,7-75H2,1-6H3;20H,1-13H3. The monoisotopic (exact) mass is 2180 g/mol. The molecule has 0 aromatic rings. The highest BCUT2D eigenvalue weighted by atomic mass is 28.5. The Morgan fingerprint density at radius 2 is 0.353 bits per heavy atom. The van der Waals surface area contributed by atoms with Crippen molar-refractivity contribution in [2.24, 2.45) is 0 Å². The fraction of sp³-hybridized carbons (Fsp3) is 1.00. The van der Waals surface area contributed by atoms with Gasteiger partial charge < -0.3 is 186 Å². The Morgan fingerprint density at radius 1 is 0.180 bits per heavy atom. The molecule has 0 amide bonds. The largest absolute Gasteiger partial charge is 0.440 e. The molecule has 0 heterocycles. The minimum Gasteiger partial charge on any atom is -0.440 e. The topological polar surface area (TPSA) is 399 Å². The fourth-order valence-electron chi connectivity index (χ4n) is 11.9. The average Bonchev–Trinajstić information content (AvgIpc) is 0.825. The van der Waals surface area contributed by atoms with Crippen molar-refractivity contribution in [3.05, 3.63) is 0 Å². The maximum Gasteiger partial charge on any atom is 0.358 e. The van der Waals surface area contributed by atoms with Crippen LogP contribution in [0.25, 0.3) is 0 Å². The summed E-state index contributed by atoms with van der Waals surface area (Å²) in [5.41, 5.74) is 0. The van der Waals surface area contributed by atoms with Crippen molar-refractivity contribution >= 4 is 77.8 Å². The molecule has 0 radical (unpaired) electrons. The predicted molar refractivity (Wildman–Crippen MR) is 548 cm³/mol. The van der Waals surface area contributed by atoms with Gasteiger partial charge in [-0.15, -0.1) is 0 Å². The Hall–Kier alpha value is 0.272. The van der Waals surface area contributed by atoms with E-state index in [1.54, 1.807) is 21.3 Å². The second kappa shape index (κ2) is 104. The molecule has 0 saturated carbocycles. The number of hydrogen-bond donors (Lipinski definition) is 1. The summed E-state index contributed by atoms with van der Waals surface area (Å²) in [4.78, 5) is 11.7. The first-order valence-corrected chi connectivity index (χ1v) is 75.1. The van der Waals surface area contributed by atoms with Crippen LogP contribution in [0.3, 0.4) is 0 Å². The Balaban J connectivity index is 0. The Kier molecular flexibility index (Phi) is 106. The molecule has 0 fully saturated rings. The lowest BCUT2D eigenvalue weighted by atomic mass is 10.5. The van der Waals surface area contributed by atoms with Crippen LogP contribution >= 0.6 is 0 Å². The highest BCUT2D eigenvalue weighted by Crippen LogP contribution is 2.28. The van der Waals surface area contributed by atoms with Crippen LogP contribution in [-0.4, -0.2) is 520 Å². The second-order valence-electron chi connectivity index (χ2n) is 34.4. The SMILES string of the molecule is COCCOCCOCCOCCOCCOCCOCCOCCOCCOCCOCCC[SiH](C)O[Si](C)(CCCOCCOCCOCCOCCOCCOCCOCCOCCOCCOCCOC)O[Si](C)(O)CCCOCCOCCOCCOCCOCCOCCOCCOCCOCCOCCOC.C[SiH](C)O[Si](C)(C)O[Si](C)(C)O[Si](C)(C)O[Si](C)(C)OO[Si](C)(C)C. The van der Waals surface area contributed by atoms with Crippen molar-refractivity contribution in [2.45, 2.75) is 142 Å². The molecule has 0 rings (SSSR count). The molecule has 838 valence electrons. The van der Waals surface area contributed by atoms with Crippen molar-refractivity contribution in [2.75, 3.05) is 438 Å². The molecular formula is C88H198O42Si9. The van der Waals surface area contributed by atoms with Crippen LogP contribution in [0.5, 0.6) is 0 Å². The average molecular weight is 2180 g/mol. The van der Waals surface area contributed by atoms with Gasteiger partial charge >= 0.3 is 51.4 Å². The molecule has 42 nitrogen and oxygen atoms in total. The molecule has 0 aliphatic heterocycles. The molecule has 0 saturated heterocycles. The number of ether oxygens (including phenoxy) is 33. The van der Waals surface area contributed by atoms with Gasteiger partial charge in [0.15, 0.2) is 18.1 Å². The van der Waals surface area contributed by atoms with E-state index in [2.05, 4.69) is 72.0 Å². The Labute approximate surface area is 847 Å². The second-order valence-corrected chi connectivity index (χ2v) is 65.2. The summed E-state index contributed by atoms with van der Waals surface area (Å²) in [6.07, 6.45) is 2.23. The molecule has 3 unspecified atom stereocenters. The summed E-state index contributed by atoms with van der Waals surface area (Å²) in [6, 6.07) is 2.10. The first kappa shape index (κ1) is 141. The maximum atomic E-state index is 11.7. The van der Waals surface area contributed by atoms with Crippen LogP contribution in [0.2, 0.25) is 123 Å². The van der Waals surface area contributed by atoms with Gasteiger partial charge in [-0.3, -0.25) is 9.15 Å². The summed E-state index contributed by atoms with van der Waals surface area (Å²) in [5.74, 6) is 0.